The van der Waals surface area contributed by atoms with E-state index in [2.05, 4.69) is 4.74 Å². The third-order valence-electron chi connectivity index (χ3n) is 7.73. The molecule has 0 saturated heterocycles. The molecule has 44 heavy (non-hydrogen) atoms. The van der Waals surface area contributed by atoms with E-state index >= 15 is 0 Å². The molecule has 0 radical (unpaired) electrons. The first-order chi connectivity index (χ1) is 20.6. The number of ether oxygens (including phenoxy) is 3. The molecule has 0 bridgehead atoms. The van der Waals surface area contributed by atoms with E-state index in [1.54, 1.807) is 4.90 Å². The van der Waals surface area contributed by atoms with Gasteiger partial charge in [0.2, 0.25) is 0 Å². The second kappa shape index (κ2) is 15.3. The SMILES string of the molecule is O=C(OC(C(F)(F)F)C(F)(F)S(=O)(=O)O)c1ccc(N(CCOC(=O)C2CCCCC2)CCOC(=O)C2CCCCC2)cc1. The highest BCUT2D eigenvalue weighted by molar-refractivity contribution is 7.86. The van der Waals surface area contributed by atoms with Gasteiger partial charge in [-0.2, -0.15) is 30.4 Å². The fourth-order valence-corrected chi connectivity index (χ4v) is 5.69. The molecule has 1 unspecified atom stereocenters. The summed E-state index contributed by atoms with van der Waals surface area (Å²) in [6, 6.07) is 4.44. The highest BCUT2D eigenvalue weighted by Gasteiger charge is 2.66. The fourth-order valence-electron chi connectivity index (χ4n) is 5.24. The summed E-state index contributed by atoms with van der Waals surface area (Å²) in [6.45, 7) is 0.182. The Bertz CT molecular complexity index is 1190. The number of carbonyl (C=O) groups excluding carboxylic acids is 3. The number of carbonyl (C=O) groups is 3. The summed E-state index contributed by atoms with van der Waals surface area (Å²) in [5, 5.41) is -5.86. The smallest absolute Gasteiger partial charge is 0.432 e. The highest BCUT2D eigenvalue weighted by atomic mass is 32.2. The Kier molecular flexibility index (Phi) is 12.4. The zero-order valence-corrected chi connectivity index (χ0v) is 24.7. The van der Waals surface area contributed by atoms with Gasteiger partial charge in [-0.3, -0.25) is 14.1 Å². The molecular weight excluding hydrogens is 621 g/mol. The van der Waals surface area contributed by atoms with Crippen LogP contribution < -0.4 is 4.90 Å². The van der Waals surface area contributed by atoms with Crippen LogP contribution in [0, 0.1) is 11.8 Å². The van der Waals surface area contributed by atoms with E-state index < -0.39 is 39.2 Å². The number of hydrogen-bond donors (Lipinski definition) is 1. The summed E-state index contributed by atoms with van der Waals surface area (Å²) in [6.07, 6.45) is -1.69. The van der Waals surface area contributed by atoms with Crippen LogP contribution in [0.15, 0.2) is 24.3 Å². The van der Waals surface area contributed by atoms with Crippen molar-refractivity contribution in [3.63, 3.8) is 0 Å². The van der Waals surface area contributed by atoms with E-state index in [-0.39, 0.29) is 50.1 Å². The number of alkyl halides is 5. The average molecular weight is 658 g/mol. The van der Waals surface area contributed by atoms with Crippen molar-refractivity contribution in [2.24, 2.45) is 11.8 Å². The Labute approximate surface area is 251 Å². The van der Waals surface area contributed by atoms with Gasteiger partial charge in [0.25, 0.3) is 6.10 Å². The molecule has 1 aromatic carbocycles. The molecule has 0 aliphatic heterocycles. The number of hydrogen-bond acceptors (Lipinski definition) is 9. The number of halogens is 5. The van der Waals surface area contributed by atoms with Crippen molar-refractivity contribution in [2.75, 3.05) is 31.2 Å². The molecule has 1 atom stereocenters. The lowest BCUT2D eigenvalue weighted by Crippen LogP contribution is -2.52. The second-order valence-electron chi connectivity index (χ2n) is 10.9. The van der Waals surface area contributed by atoms with E-state index in [9.17, 15) is 44.8 Å². The van der Waals surface area contributed by atoms with Gasteiger partial charge in [-0.15, -0.1) is 0 Å². The van der Waals surface area contributed by atoms with Gasteiger partial charge in [-0.05, 0) is 49.9 Å². The Morgan fingerprint density at radius 3 is 1.61 bits per heavy atom. The number of nitrogens with zero attached hydrogens (tertiary/aromatic N) is 1. The minimum atomic E-state index is -6.58. The minimum absolute atomic E-state index is 0.0341. The van der Waals surface area contributed by atoms with Crippen LogP contribution in [0.3, 0.4) is 0 Å². The number of benzene rings is 1. The molecular formula is C28H36F5NO9S. The Hall–Kier alpha value is -3.01. The lowest BCUT2D eigenvalue weighted by atomic mass is 9.89. The molecule has 3 rings (SSSR count). The van der Waals surface area contributed by atoms with Crippen molar-refractivity contribution in [3.05, 3.63) is 29.8 Å². The first-order valence-electron chi connectivity index (χ1n) is 14.4. The first kappa shape index (κ1) is 35.5. The molecule has 1 aromatic rings. The maximum Gasteiger partial charge on any atom is 0.432 e. The first-order valence-corrected chi connectivity index (χ1v) is 15.9. The van der Waals surface area contributed by atoms with Gasteiger partial charge in [-0.1, -0.05) is 38.5 Å². The number of rotatable bonds is 13. The predicted molar refractivity (Wildman–Crippen MR) is 145 cm³/mol. The zero-order valence-electron chi connectivity index (χ0n) is 23.9. The minimum Gasteiger partial charge on any atom is -0.464 e. The maximum absolute atomic E-state index is 13.8. The van der Waals surface area contributed by atoms with E-state index in [4.69, 9.17) is 14.0 Å². The van der Waals surface area contributed by atoms with Crippen molar-refractivity contribution in [1.82, 2.24) is 0 Å². The third-order valence-corrected chi connectivity index (χ3v) is 8.63. The molecule has 2 saturated carbocycles. The molecule has 0 amide bonds. The standard InChI is InChI=1S/C28H36F5NO9S/c29-27(30,31)26(28(32,33)44(38,39)40)43-25(37)21-11-13-22(14-12-21)34(15-17-41-23(35)19-7-3-1-4-8-19)16-18-42-24(36)20-9-5-2-6-10-20/h11-14,19-20,26H,1-10,15-18H2,(H,38,39,40). The van der Waals surface area contributed by atoms with Crippen LogP contribution >= 0.6 is 0 Å². The Balaban J connectivity index is 1.69. The monoisotopic (exact) mass is 657 g/mol. The molecule has 10 nitrogen and oxygen atoms in total. The maximum atomic E-state index is 13.8. The van der Waals surface area contributed by atoms with Crippen LogP contribution in [0.1, 0.15) is 74.6 Å². The summed E-state index contributed by atoms with van der Waals surface area (Å²) in [7, 11) is -6.58. The quantitative estimate of drug-likeness (QED) is 0.129. The van der Waals surface area contributed by atoms with E-state index in [0.717, 1.165) is 76.3 Å². The Morgan fingerprint density at radius 2 is 1.23 bits per heavy atom. The summed E-state index contributed by atoms with van der Waals surface area (Å²) in [5.74, 6) is -2.95. The number of anilines is 1. The molecule has 1 N–H and O–H groups in total. The third kappa shape index (κ3) is 9.74. The molecule has 2 aliphatic carbocycles. The van der Waals surface area contributed by atoms with Gasteiger partial charge in [0.05, 0.1) is 30.5 Å². The largest absolute Gasteiger partial charge is 0.464 e. The van der Waals surface area contributed by atoms with E-state index in [1.807, 2.05) is 0 Å². The lowest BCUT2D eigenvalue weighted by Gasteiger charge is -2.27. The zero-order chi connectivity index (χ0) is 32.5. The second-order valence-corrected chi connectivity index (χ2v) is 12.4. The van der Waals surface area contributed by atoms with E-state index in [1.165, 1.54) is 12.1 Å². The van der Waals surface area contributed by atoms with Crippen LogP contribution in [-0.4, -0.2) is 74.7 Å². The van der Waals surface area contributed by atoms with Crippen molar-refractivity contribution in [3.8, 4) is 0 Å². The van der Waals surface area contributed by atoms with Gasteiger partial charge in [0.15, 0.2) is 0 Å². The molecule has 2 fully saturated rings. The van der Waals surface area contributed by atoms with Gasteiger partial charge >= 0.3 is 39.5 Å². The van der Waals surface area contributed by atoms with Crippen LogP contribution in [0.25, 0.3) is 0 Å². The Morgan fingerprint density at radius 1 is 0.795 bits per heavy atom. The van der Waals surface area contributed by atoms with Gasteiger partial charge < -0.3 is 19.1 Å². The van der Waals surface area contributed by atoms with Gasteiger partial charge in [-0.25, -0.2) is 4.79 Å². The topological polar surface area (TPSA) is 137 Å². The molecule has 0 aromatic heterocycles. The summed E-state index contributed by atoms with van der Waals surface area (Å²) < 4.78 is 112. The summed E-state index contributed by atoms with van der Waals surface area (Å²) in [4.78, 5) is 38.8. The fraction of sp³-hybridized carbons (Fsp3) is 0.679. The summed E-state index contributed by atoms with van der Waals surface area (Å²) in [5.41, 5.74) is -0.263. The van der Waals surface area contributed by atoms with E-state index in [0.29, 0.717) is 5.69 Å². The van der Waals surface area contributed by atoms with Gasteiger partial charge in [0, 0.05) is 5.69 Å². The average Bonchev–Trinajstić information content (AvgIpc) is 2.98. The lowest BCUT2D eigenvalue weighted by molar-refractivity contribution is -0.248. The van der Waals surface area contributed by atoms with Crippen LogP contribution in [0.4, 0.5) is 27.6 Å². The predicted octanol–water partition coefficient (Wildman–Crippen LogP) is 5.31. The van der Waals surface area contributed by atoms with Gasteiger partial charge in [0.1, 0.15) is 13.2 Å². The van der Waals surface area contributed by atoms with Crippen molar-refractivity contribution in [1.29, 1.82) is 0 Å². The molecule has 248 valence electrons. The van der Waals surface area contributed by atoms with Crippen LogP contribution in [-0.2, 0) is 33.9 Å². The number of esters is 3. The highest BCUT2D eigenvalue weighted by Crippen LogP contribution is 2.38. The summed E-state index contributed by atoms with van der Waals surface area (Å²) >= 11 is 0. The molecule has 16 heteroatoms. The van der Waals surface area contributed by atoms with Crippen molar-refractivity contribution >= 4 is 33.7 Å². The van der Waals surface area contributed by atoms with Crippen molar-refractivity contribution in [2.45, 2.75) is 81.7 Å². The normalized spacial score (nSPS) is 17.9. The molecule has 0 heterocycles. The molecule has 2 aliphatic rings. The van der Waals surface area contributed by atoms with Crippen LogP contribution in [0.5, 0.6) is 0 Å². The van der Waals surface area contributed by atoms with Crippen molar-refractivity contribution < 1.29 is 63.5 Å². The van der Waals surface area contributed by atoms with Crippen LogP contribution in [0.2, 0.25) is 0 Å². The molecule has 0 spiro atoms.